The van der Waals surface area contributed by atoms with E-state index < -0.39 is 30.4 Å². The first-order valence-electron chi connectivity index (χ1n) is 8.82. The highest BCUT2D eigenvalue weighted by atomic mass is 35.5. The molecule has 148 valence electrons. The summed E-state index contributed by atoms with van der Waals surface area (Å²) in [4.78, 5) is 38.9. The SMILES string of the molecule is Cc1nn(-c2cccc(Cl)c2)nc1C(=O)OCC(=O)N1CCCC[C@H]1C(N)=O. The third-order valence-corrected chi connectivity index (χ3v) is 4.73. The summed E-state index contributed by atoms with van der Waals surface area (Å²) in [5.41, 5.74) is 6.30. The summed E-state index contributed by atoms with van der Waals surface area (Å²) in [5.74, 6) is -1.79. The highest BCUT2D eigenvalue weighted by Crippen LogP contribution is 2.18. The van der Waals surface area contributed by atoms with E-state index in [1.165, 1.54) is 9.70 Å². The molecule has 1 aromatic heterocycles. The Balaban J connectivity index is 1.66. The van der Waals surface area contributed by atoms with Crippen LogP contribution in [0.2, 0.25) is 5.02 Å². The van der Waals surface area contributed by atoms with Crippen LogP contribution >= 0.6 is 11.6 Å². The number of aryl methyl sites for hydroxylation is 1. The van der Waals surface area contributed by atoms with E-state index in [0.717, 1.165) is 12.8 Å². The van der Waals surface area contributed by atoms with Crippen molar-refractivity contribution >= 4 is 29.4 Å². The number of aromatic nitrogens is 3. The Morgan fingerprint density at radius 3 is 2.79 bits per heavy atom. The van der Waals surface area contributed by atoms with Crippen molar-refractivity contribution in [2.75, 3.05) is 13.2 Å². The molecule has 2 N–H and O–H groups in total. The molecule has 1 aliphatic heterocycles. The van der Waals surface area contributed by atoms with Crippen LogP contribution in [-0.4, -0.2) is 56.9 Å². The van der Waals surface area contributed by atoms with Crippen molar-refractivity contribution in [3.05, 3.63) is 40.7 Å². The topological polar surface area (TPSA) is 120 Å². The molecule has 0 spiro atoms. The molecule has 0 aliphatic carbocycles. The first kappa shape index (κ1) is 19.8. The number of amides is 2. The standard InChI is InChI=1S/C18H20ClN5O4/c1-11-16(22-24(21-11)13-6-4-5-12(19)9-13)18(27)28-10-15(25)23-8-3-2-7-14(23)17(20)26/h4-6,9,14H,2-3,7-8,10H2,1H3,(H2,20,26)/t14-/m0/s1. The number of nitrogens with zero attached hydrogens (tertiary/aromatic N) is 4. The van der Waals surface area contributed by atoms with Crippen LogP contribution in [0.4, 0.5) is 0 Å². The fraction of sp³-hybridized carbons (Fsp3) is 0.389. The third-order valence-electron chi connectivity index (χ3n) is 4.49. The zero-order valence-corrected chi connectivity index (χ0v) is 16.1. The van der Waals surface area contributed by atoms with Gasteiger partial charge in [-0.25, -0.2) is 4.79 Å². The fourth-order valence-corrected chi connectivity index (χ4v) is 3.27. The minimum absolute atomic E-state index is 0.00197. The zero-order chi connectivity index (χ0) is 20.3. The lowest BCUT2D eigenvalue weighted by atomic mass is 10.0. The molecular weight excluding hydrogens is 386 g/mol. The summed E-state index contributed by atoms with van der Waals surface area (Å²) in [5, 5.41) is 8.82. The maximum absolute atomic E-state index is 12.4. The van der Waals surface area contributed by atoms with Crippen LogP contribution in [0.5, 0.6) is 0 Å². The van der Waals surface area contributed by atoms with Gasteiger partial charge in [0, 0.05) is 11.6 Å². The summed E-state index contributed by atoms with van der Waals surface area (Å²) >= 11 is 5.96. The van der Waals surface area contributed by atoms with E-state index in [9.17, 15) is 14.4 Å². The summed E-state index contributed by atoms with van der Waals surface area (Å²) < 4.78 is 5.10. The minimum atomic E-state index is -0.772. The Morgan fingerprint density at radius 2 is 2.07 bits per heavy atom. The molecule has 28 heavy (non-hydrogen) atoms. The number of nitrogens with two attached hydrogens (primary N) is 1. The molecule has 2 heterocycles. The molecule has 2 aromatic rings. The third kappa shape index (κ3) is 4.30. The lowest BCUT2D eigenvalue weighted by Gasteiger charge is -2.33. The van der Waals surface area contributed by atoms with Gasteiger partial charge in [-0.1, -0.05) is 17.7 Å². The van der Waals surface area contributed by atoms with Gasteiger partial charge in [0.2, 0.25) is 5.91 Å². The number of halogens is 1. The molecule has 1 aromatic carbocycles. The Morgan fingerprint density at radius 1 is 1.29 bits per heavy atom. The number of ether oxygens (including phenoxy) is 1. The number of carbonyl (C=O) groups is 3. The van der Waals surface area contributed by atoms with Gasteiger partial charge in [-0.3, -0.25) is 9.59 Å². The maximum atomic E-state index is 12.4. The van der Waals surface area contributed by atoms with Gasteiger partial charge in [0.25, 0.3) is 5.91 Å². The first-order valence-corrected chi connectivity index (χ1v) is 9.20. The predicted octanol–water partition coefficient (Wildman–Crippen LogP) is 1.25. The van der Waals surface area contributed by atoms with E-state index >= 15 is 0 Å². The van der Waals surface area contributed by atoms with E-state index in [4.69, 9.17) is 22.1 Å². The van der Waals surface area contributed by atoms with Crippen LogP contribution in [0.25, 0.3) is 5.69 Å². The molecule has 1 saturated heterocycles. The van der Waals surface area contributed by atoms with Crippen molar-refractivity contribution in [3.63, 3.8) is 0 Å². The highest BCUT2D eigenvalue weighted by Gasteiger charge is 2.31. The molecule has 0 saturated carbocycles. The largest absolute Gasteiger partial charge is 0.451 e. The number of primary amides is 1. The van der Waals surface area contributed by atoms with Crippen molar-refractivity contribution in [1.29, 1.82) is 0 Å². The minimum Gasteiger partial charge on any atom is -0.451 e. The van der Waals surface area contributed by atoms with E-state index in [-0.39, 0.29) is 5.69 Å². The summed E-state index contributed by atoms with van der Waals surface area (Å²) in [6.45, 7) is 1.53. The van der Waals surface area contributed by atoms with E-state index in [1.807, 2.05) is 0 Å². The summed E-state index contributed by atoms with van der Waals surface area (Å²) in [6, 6.07) is 6.18. The predicted molar refractivity (Wildman–Crippen MR) is 99.9 cm³/mol. The van der Waals surface area contributed by atoms with Crippen molar-refractivity contribution in [2.24, 2.45) is 5.73 Å². The van der Waals surface area contributed by atoms with Crippen molar-refractivity contribution < 1.29 is 19.1 Å². The molecule has 0 unspecified atom stereocenters. The molecule has 0 radical (unpaired) electrons. The van der Waals surface area contributed by atoms with Crippen LogP contribution in [0.3, 0.4) is 0 Å². The second-order valence-electron chi connectivity index (χ2n) is 6.48. The average Bonchev–Trinajstić information content (AvgIpc) is 3.07. The lowest BCUT2D eigenvalue weighted by Crippen LogP contribution is -2.51. The van der Waals surface area contributed by atoms with E-state index in [0.29, 0.717) is 29.4 Å². The summed E-state index contributed by atoms with van der Waals surface area (Å²) in [6.07, 6.45) is 2.11. The van der Waals surface area contributed by atoms with Crippen LogP contribution in [0, 0.1) is 6.92 Å². The number of benzene rings is 1. The maximum Gasteiger partial charge on any atom is 0.361 e. The van der Waals surface area contributed by atoms with Gasteiger partial charge >= 0.3 is 5.97 Å². The number of hydrogen-bond acceptors (Lipinski definition) is 6. The Kier molecular flexibility index (Phi) is 5.93. The Bertz CT molecular complexity index is 913. The average molecular weight is 406 g/mol. The number of likely N-dealkylation sites (tertiary alicyclic amines) is 1. The van der Waals surface area contributed by atoms with Gasteiger partial charge in [0.05, 0.1) is 11.4 Å². The fourth-order valence-electron chi connectivity index (χ4n) is 3.09. The van der Waals surface area contributed by atoms with Crippen LogP contribution in [0.15, 0.2) is 24.3 Å². The summed E-state index contributed by atoms with van der Waals surface area (Å²) in [7, 11) is 0. The second-order valence-corrected chi connectivity index (χ2v) is 6.92. The second kappa shape index (κ2) is 8.39. The zero-order valence-electron chi connectivity index (χ0n) is 15.3. The Labute approximate surface area is 166 Å². The molecule has 0 bridgehead atoms. The van der Waals surface area contributed by atoms with Gasteiger partial charge < -0.3 is 15.4 Å². The lowest BCUT2D eigenvalue weighted by molar-refractivity contribution is -0.143. The molecule has 10 heteroatoms. The molecule has 1 atom stereocenters. The smallest absolute Gasteiger partial charge is 0.361 e. The number of piperidine rings is 1. The van der Waals surface area contributed by atoms with Crippen LogP contribution in [0.1, 0.15) is 35.4 Å². The number of hydrogen-bond donors (Lipinski definition) is 1. The van der Waals surface area contributed by atoms with Crippen LogP contribution in [-0.2, 0) is 14.3 Å². The van der Waals surface area contributed by atoms with E-state index in [1.54, 1.807) is 31.2 Å². The highest BCUT2D eigenvalue weighted by molar-refractivity contribution is 6.30. The normalized spacial score (nSPS) is 16.6. The number of carbonyl (C=O) groups excluding carboxylic acids is 3. The molecule has 1 fully saturated rings. The van der Waals surface area contributed by atoms with Crippen molar-refractivity contribution in [3.8, 4) is 5.69 Å². The quantitative estimate of drug-likeness (QED) is 0.747. The monoisotopic (exact) mass is 405 g/mol. The molecule has 2 amide bonds. The van der Waals surface area contributed by atoms with Crippen LogP contribution < -0.4 is 5.73 Å². The number of esters is 1. The Hall–Kier alpha value is -2.94. The van der Waals surface area contributed by atoms with Gasteiger partial charge in [0.1, 0.15) is 6.04 Å². The van der Waals surface area contributed by atoms with Crippen molar-refractivity contribution in [1.82, 2.24) is 19.9 Å². The van der Waals surface area contributed by atoms with Crippen molar-refractivity contribution in [2.45, 2.75) is 32.2 Å². The van der Waals surface area contributed by atoms with E-state index in [2.05, 4.69) is 10.2 Å². The first-order chi connectivity index (χ1) is 13.4. The van der Waals surface area contributed by atoms with Gasteiger partial charge in [-0.15, -0.1) is 5.10 Å². The molecule has 3 rings (SSSR count). The molecule has 9 nitrogen and oxygen atoms in total. The van der Waals surface area contributed by atoms with Gasteiger partial charge in [-0.05, 0) is 44.4 Å². The molecular formula is C18H20ClN5O4. The molecule has 1 aliphatic rings. The number of rotatable bonds is 5. The van der Waals surface area contributed by atoms with Gasteiger partial charge in [0.15, 0.2) is 12.3 Å². The van der Waals surface area contributed by atoms with Gasteiger partial charge in [-0.2, -0.15) is 9.90 Å².